The number of rotatable bonds is 1. The molecule has 0 spiro atoms. The van der Waals surface area contributed by atoms with Gasteiger partial charge in [-0.15, -0.1) is 0 Å². The van der Waals surface area contributed by atoms with E-state index in [9.17, 15) is 4.79 Å². The van der Waals surface area contributed by atoms with E-state index in [2.05, 4.69) is 0 Å². The van der Waals surface area contributed by atoms with Gasteiger partial charge in [0.25, 0.3) is 0 Å². The normalized spacial score (nSPS) is 36.0. The Morgan fingerprint density at radius 3 is 2.50 bits per heavy atom. The lowest BCUT2D eigenvalue weighted by Gasteiger charge is -2.31. The average Bonchev–Trinajstić information content (AvgIpc) is 1.81. The van der Waals surface area contributed by atoms with Gasteiger partial charge in [-0.2, -0.15) is 0 Å². The number of hydrogen-bond acceptors (Lipinski definition) is 2. The molecule has 0 radical (unpaired) electrons. The summed E-state index contributed by atoms with van der Waals surface area (Å²) in [4.78, 5) is 10.4. The number of hydrogen-bond donors (Lipinski definition) is 0. The Kier molecular flexibility index (Phi) is 1.24. The van der Waals surface area contributed by atoms with E-state index in [1.807, 2.05) is 13.8 Å². The topological polar surface area (TPSA) is 26.3 Å². The first-order valence-electron chi connectivity index (χ1n) is 2.96. The molecule has 2 heteroatoms. The van der Waals surface area contributed by atoms with Crippen molar-refractivity contribution in [3.63, 3.8) is 0 Å². The zero-order chi connectivity index (χ0) is 6.15. The van der Waals surface area contributed by atoms with Crippen molar-refractivity contribution >= 4 is 5.97 Å². The fourth-order valence-electron chi connectivity index (χ4n) is 0.875. The van der Waals surface area contributed by atoms with Crippen molar-refractivity contribution in [2.24, 2.45) is 5.92 Å². The Balaban J connectivity index is 2.35. The summed E-state index contributed by atoms with van der Waals surface area (Å²) in [5.74, 6) is 0.108. The summed E-state index contributed by atoms with van der Waals surface area (Å²) < 4.78 is 4.76. The molecule has 0 N–H and O–H groups in total. The Hall–Kier alpha value is -0.530. The first kappa shape index (κ1) is 5.60. The van der Waals surface area contributed by atoms with Gasteiger partial charge >= 0.3 is 5.97 Å². The maximum atomic E-state index is 10.4. The van der Waals surface area contributed by atoms with Crippen molar-refractivity contribution in [2.75, 3.05) is 0 Å². The number of cyclic esters (lactones) is 1. The maximum absolute atomic E-state index is 10.4. The van der Waals surface area contributed by atoms with Crippen molar-refractivity contribution in [3.05, 3.63) is 0 Å². The molecule has 1 aliphatic heterocycles. The maximum Gasteiger partial charge on any atom is 0.312 e. The van der Waals surface area contributed by atoms with E-state index in [-0.39, 0.29) is 18.0 Å². The fraction of sp³-hybridized carbons (Fsp3) is 0.833. The van der Waals surface area contributed by atoms with Crippen molar-refractivity contribution in [1.29, 1.82) is 0 Å². The predicted molar refractivity (Wildman–Crippen MR) is 29.3 cm³/mol. The lowest BCUT2D eigenvalue weighted by molar-refractivity contribution is -0.182. The lowest BCUT2D eigenvalue weighted by Crippen LogP contribution is -2.42. The van der Waals surface area contributed by atoms with Gasteiger partial charge in [-0.05, 0) is 13.3 Å². The van der Waals surface area contributed by atoms with Crippen LogP contribution >= 0.6 is 0 Å². The summed E-state index contributed by atoms with van der Waals surface area (Å²) in [5.41, 5.74) is 0. The molecule has 2 atom stereocenters. The monoisotopic (exact) mass is 114 g/mol. The molecule has 0 aromatic carbocycles. The van der Waals surface area contributed by atoms with Crippen LogP contribution in [0.25, 0.3) is 0 Å². The second-order valence-corrected chi connectivity index (χ2v) is 2.17. The molecule has 1 heterocycles. The van der Waals surface area contributed by atoms with E-state index in [0.29, 0.717) is 0 Å². The summed E-state index contributed by atoms with van der Waals surface area (Å²) in [6, 6.07) is 0. The van der Waals surface area contributed by atoms with Gasteiger partial charge in [0, 0.05) is 0 Å². The molecule has 0 bridgehead atoms. The van der Waals surface area contributed by atoms with Gasteiger partial charge < -0.3 is 4.74 Å². The van der Waals surface area contributed by atoms with E-state index in [0.717, 1.165) is 6.42 Å². The van der Waals surface area contributed by atoms with Gasteiger partial charge in [-0.1, -0.05) is 6.92 Å². The smallest absolute Gasteiger partial charge is 0.312 e. The van der Waals surface area contributed by atoms with Gasteiger partial charge in [0.05, 0.1) is 5.92 Å². The quantitative estimate of drug-likeness (QED) is 0.474. The van der Waals surface area contributed by atoms with Crippen LogP contribution in [0, 0.1) is 5.92 Å². The predicted octanol–water partition coefficient (Wildman–Crippen LogP) is 0.958. The number of carbonyl (C=O) groups excluding carboxylic acids is 1. The molecule has 0 amide bonds. The minimum absolute atomic E-state index is 0.0446. The van der Waals surface area contributed by atoms with Crippen molar-refractivity contribution in [3.8, 4) is 0 Å². The van der Waals surface area contributed by atoms with Crippen LogP contribution in [-0.4, -0.2) is 12.1 Å². The SMILES string of the molecule is CCC1OC(=O)[C@@H]1C. The van der Waals surface area contributed by atoms with E-state index >= 15 is 0 Å². The van der Waals surface area contributed by atoms with Crippen LogP contribution in [0.4, 0.5) is 0 Å². The lowest BCUT2D eigenvalue weighted by atomic mass is 9.97. The Morgan fingerprint density at radius 1 is 1.75 bits per heavy atom. The number of esters is 1. The summed E-state index contributed by atoms with van der Waals surface area (Å²) in [5, 5.41) is 0. The van der Waals surface area contributed by atoms with E-state index in [4.69, 9.17) is 4.74 Å². The second-order valence-electron chi connectivity index (χ2n) is 2.17. The van der Waals surface area contributed by atoms with Crippen molar-refractivity contribution in [1.82, 2.24) is 0 Å². The largest absolute Gasteiger partial charge is 0.461 e. The molecule has 1 saturated heterocycles. The van der Waals surface area contributed by atoms with Gasteiger partial charge in [0.15, 0.2) is 0 Å². The van der Waals surface area contributed by atoms with Crippen LogP contribution in [0.5, 0.6) is 0 Å². The third-order valence-electron chi connectivity index (χ3n) is 1.60. The van der Waals surface area contributed by atoms with Gasteiger partial charge in [0.1, 0.15) is 6.10 Å². The zero-order valence-corrected chi connectivity index (χ0v) is 5.18. The third-order valence-corrected chi connectivity index (χ3v) is 1.60. The molecule has 1 unspecified atom stereocenters. The van der Waals surface area contributed by atoms with Crippen LogP contribution in [0.15, 0.2) is 0 Å². The molecule has 2 nitrogen and oxygen atoms in total. The van der Waals surface area contributed by atoms with Crippen molar-refractivity contribution in [2.45, 2.75) is 26.4 Å². The highest BCUT2D eigenvalue weighted by atomic mass is 16.6. The van der Waals surface area contributed by atoms with E-state index in [1.54, 1.807) is 0 Å². The highest BCUT2D eigenvalue weighted by molar-refractivity contribution is 5.77. The summed E-state index contributed by atoms with van der Waals surface area (Å²) >= 11 is 0. The molecule has 0 aromatic heterocycles. The second kappa shape index (κ2) is 1.77. The minimum atomic E-state index is -0.0446. The number of carbonyl (C=O) groups is 1. The summed E-state index contributed by atoms with van der Waals surface area (Å²) in [6.07, 6.45) is 1.16. The Morgan fingerprint density at radius 2 is 2.38 bits per heavy atom. The molecule has 1 rings (SSSR count). The van der Waals surface area contributed by atoms with Gasteiger partial charge in [-0.3, -0.25) is 4.79 Å². The molecule has 0 aliphatic carbocycles. The molecule has 0 saturated carbocycles. The highest BCUT2D eigenvalue weighted by Gasteiger charge is 2.36. The molecule has 8 heavy (non-hydrogen) atoms. The number of ether oxygens (including phenoxy) is 1. The van der Waals surface area contributed by atoms with Crippen LogP contribution in [-0.2, 0) is 9.53 Å². The standard InChI is InChI=1S/C6H10O2/c1-3-5-4(2)6(7)8-5/h4-5H,3H2,1-2H3/t4-,5?/m1/s1. The average molecular weight is 114 g/mol. The summed E-state index contributed by atoms with van der Waals surface area (Å²) in [7, 11) is 0. The Labute approximate surface area is 48.8 Å². The third kappa shape index (κ3) is 0.602. The fourth-order valence-corrected chi connectivity index (χ4v) is 0.875. The molecule has 0 aromatic rings. The highest BCUT2D eigenvalue weighted by Crippen LogP contribution is 2.23. The molecule has 1 aliphatic rings. The zero-order valence-electron chi connectivity index (χ0n) is 5.18. The first-order valence-corrected chi connectivity index (χ1v) is 2.96. The van der Waals surface area contributed by atoms with Crippen molar-refractivity contribution < 1.29 is 9.53 Å². The minimum Gasteiger partial charge on any atom is -0.461 e. The van der Waals surface area contributed by atoms with Crippen LogP contribution in [0.2, 0.25) is 0 Å². The summed E-state index contributed by atoms with van der Waals surface area (Å²) in [6.45, 7) is 3.92. The molecule has 1 fully saturated rings. The molecular formula is C6H10O2. The Bertz CT molecular complexity index is 109. The van der Waals surface area contributed by atoms with E-state index < -0.39 is 0 Å². The van der Waals surface area contributed by atoms with Crippen LogP contribution in [0.1, 0.15) is 20.3 Å². The molecular weight excluding hydrogens is 104 g/mol. The van der Waals surface area contributed by atoms with Gasteiger partial charge in [-0.25, -0.2) is 0 Å². The first-order chi connectivity index (χ1) is 3.75. The van der Waals surface area contributed by atoms with Crippen LogP contribution < -0.4 is 0 Å². The van der Waals surface area contributed by atoms with Crippen LogP contribution in [0.3, 0.4) is 0 Å². The van der Waals surface area contributed by atoms with E-state index in [1.165, 1.54) is 0 Å². The molecule has 46 valence electrons. The van der Waals surface area contributed by atoms with Gasteiger partial charge in [0.2, 0.25) is 0 Å².